The van der Waals surface area contributed by atoms with Crippen LogP contribution in [0.4, 0.5) is 10.2 Å². The number of hydrogen-bond donors (Lipinski definition) is 3. The smallest absolute Gasteiger partial charge is 0.351 e. The van der Waals surface area contributed by atoms with Crippen LogP contribution in [-0.4, -0.2) is 38.1 Å². The lowest BCUT2D eigenvalue weighted by Crippen LogP contribution is -2.42. The molecule has 1 aromatic heterocycles. The van der Waals surface area contributed by atoms with E-state index in [2.05, 4.69) is 4.98 Å². The normalized spacial score (nSPS) is 30.7. The van der Waals surface area contributed by atoms with Gasteiger partial charge in [-0.15, -0.1) is 0 Å². The van der Waals surface area contributed by atoms with Gasteiger partial charge in [0.05, 0.1) is 18.9 Å². The maximum absolute atomic E-state index is 13.4. The Labute approximate surface area is 108 Å². The molecule has 0 spiro atoms. The van der Waals surface area contributed by atoms with Gasteiger partial charge in [-0.3, -0.25) is 4.57 Å². The summed E-state index contributed by atoms with van der Waals surface area (Å²) >= 11 is 0. The highest BCUT2D eigenvalue weighted by Gasteiger charge is 2.47. The van der Waals surface area contributed by atoms with Crippen LogP contribution in [0.5, 0.6) is 0 Å². The monoisotopic (exact) mass is 273 g/mol. The van der Waals surface area contributed by atoms with E-state index in [1.807, 2.05) is 0 Å². The number of hydrogen-bond acceptors (Lipinski definition) is 6. The Hall–Kier alpha value is -1.51. The van der Waals surface area contributed by atoms with Gasteiger partial charge < -0.3 is 20.7 Å². The number of aromatic nitrogens is 2. The van der Waals surface area contributed by atoms with Gasteiger partial charge in [0.15, 0.2) is 11.6 Å². The first-order valence-electron chi connectivity index (χ1n) is 5.94. The Morgan fingerprint density at radius 3 is 2.95 bits per heavy atom. The molecule has 2 rings (SSSR count). The van der Waals surface area contributed by atoms with Crippen molar-refractivity contribution in [1.82, 2.24) is 9.55 Å². The summed E-state index contributed by atoms with van der Waals surface area (Å²) in [6.45, 7) is 1.35. The molecule has 1 aromatic rings. The molecule has 1 aliphatic heterocycles. The SMILES string of the molecule is CC[C@]1(CO)O[C@@H](n2cc(F)c(N)nc2=O)C[C@@H]1O. The number of aliphatic hydroxyl groups is 2. The van der Waals surface area contributed by atoms with E-state index in [1.165, 1.54) is 0 Å². The van der Waals surface area contributed by atoms with E-state index in [0.29, 0.717) is 6.42 Å². The first-order chi connectivity index (χ1) is 8.93. The van der Waals surface area contributed by atoms with Crippen LogP contribution in [0.1, 0.15) is 26.0 Å². The number of nitrogens with two attached hydrogens (primary N) is 1. The van der Waals surface area contributed by atoms with Crippen molar-refractivity contribution in [2.45, 2.75) is 37.7 Å². The molecule has 4 N–H and O–H groups in total. The van der Waals surface area contributed by atoms with E-state index in [9.17, 15) is 19.4 Å². The zero-order valence-electron chi connectivity index (χ0n) is 10.4. The molecule has 8 heteroatoms. The maximum Gasteiger partial charge on any atom is 0.351 e. The van der Waals surface area contributed by atoms with Gasteiger partial charge in [-0.05, 0) is 6.42 Å². The number of anilines is 1. The predicted molar refractivity (Wildman–Crippen MR) is 63.7 cm³/mol. The minimum Gasteiger partial charge on any atom is -0.393 e. The highest BCUT2D eigenvalue weighted by Crippen LogP contribution is 2.38. The first kappa shape index (κ1) is 13.9. The fraction of sp³-hybridized carbons (Fsp3) is 0.636. The molecule has 0 aliphatic carbocycles. The van der Waals surface area contributed by atoms with Crippen LogP contribution >= 0.6 is 0 Å². The van der Waals surface area contributed by atoms with Crippen LogP contribution in [0.3, 0.4) is 0 Å². The molecule has 19 heavy (non-hydrogen) atoms. The predicted octanol–water partition coefficient (Wildman–Crippen LogP) is -0.615. The van der Waals surface area contributed by atoms with Crippen LogP contribution in [0.2, 0.25) is 0 Å². The molecule has 1 fully saturated rings. The minimum atomic E-state index is -1.14. The fourth-order valence-electron chi connectivity index (χ4n) is 2.21. The molecule has 0 unspecified atom stereocenters. The lowest BCUT2D eigenvalue weighted by molar-refractivity contribution is -0.130. The third-order valence-electron chi connectivity index (χ3n) is 3.51. The summed E-state index contributed by atoms with van der Waals surface area (Å²) < 4.78 is 19.8. The third kappa shape index (κ3) is 2.22. The number of halogens is 1. The Balaban J connectivity index is 2.36. The molecule has 0 aromatic carbocycles. The lowest BCUT2D eigenvalue weighted by Gasteiger charge is -2.28. The summed E-state index contributed by atoms with van der Waals surface area (Å²) in [4.78, 5) is 15.0. The summed E-state index contributed by atoms with van der Waals surface area (Å²) in [6.07, 6.45) is -0.497. The van der Waals surface area contributed by atoms with Gasteiger partial charge in [0, 0.05) is 6.42 Å². The second kappa shape index (κ2) is 4.87. The van der Waals surface area contributed by atoms with E-state index in [1.54, 1.807) is 6.92 Å². The van der Waals surface area contributed by atoms with Crippen molar-refractivity contribution in [2.75, 3.05) is 12.3 Å². The average Bonchev–Trinajstić information content (AvgIpc) is 2.71. The fourth-order valence-corrected chi connectivity index (χ4v) is 2.21. The second-order valence-corrected chi connectivity index (χ2v) is 4.56. The number of ether oxygens (including phenoxy) is 1. The van der Waals surface area contributed by atoms with Crippen molar-refractivity contribution >= 4 is 5.82 Å². The molecule has 0 radical (unpaired) electrons. The maximum atomic E-state index is 13.4. The summed E-state index contributed by atoms with van der Waals surface area (Å²) in [7, 11) is 0. The van der Waals surface area contributed by atoms with E-state index in [0.717, 1.165) is 10.8 Å². The molecular weight excluding hydrogens is 257 g/mol. The van der Waals surface area contributed by atoms with Crippen LogP contribution < -0.4 is 11.4 Å². The number of nitrogen functional groups attached to an aromatic ring is 1. The topological polar surface area (TPSA) is 111 Å². The average molecular weight is 273 g/mol. The molecule has 1 saturated heterocycles. The highest BCUT2D eigenvalue weighted by atomic mass is 19.1. The van der Waals surface area contributed by atoms with Gasteiger partial charge in [0.2, 0.25) is 0 Å². The second-order valence-electron chi connectivity index (χ2n) is 4.56. The molecule has 2 heterocycles. The Morgan fingerprint density at radius 2 is 2.42 bits per heavy atom. The van der Waals surface area contributed by atoms with Crippen molar-refractivity contribution < 1.29 is 19.3 Å². The molecule has 106 valence electrons. The molecule has 7 nitrogen and oxygen atoms in total. The summed E-state index contributed by atoms with van der Waals surface area (Å²) in [5.41, 5.74) is 3.29. The Morgan fingerprint density at radius 1 is 1.74 bits per heavy atom. The molecule has 0 saturated carbocycles. The zero-order chi connectivity index (χ0) is 14.2. The van der Waals surface area contributed by atoms with E-state index in [4.69, 9.17) is 10.5 Å². The van der Waals surface area contributed by atoms with Gasteiger partial charge in [-0.2, -0.15) is 4.98 Å². The minimum absolute atomic E-state index is 0.0688. The van der Waals surface area contributed by atoms with Crippen LogP contribution in [0.15, 0.2) is 11.0 Å². The van der Waals surface area contributed by atoms with Crippen molar-refractivity contribution in [2.24, 2.45) is 0 Å². The van der Waals surface area contributed by atoms with Crippen molar-refractivity contribution in [3.8, 4) is 0 Å². The lowest BCUT2D eigenvalue weighted by atomic mass is 9.95. The van der Waals surface area contributed by atoms with Crippen molar-refractivity contribution in [1.29, 1.82) is 0 Å². The number of rotatable bonds is 3. The Kier molecular flexibility index (Phi) is 3.57. The van der Waals surface area contributed by atoms with Crippen LogP contribution in [0, 0.1) is 5.82 Å². The molecule has 3 atom stereocenters. The molecular formula is C11H16FN3O4. The third-order valence-corrected chi connectivity index (χ3v) is 3.51. The molecule has 0 bridgehead atoms. The molecule has 0 amide bonds. The summed E-state index contributed by atoms with van der Waals surface area (Å²) in [5.74, 6) is -1.32. The quantitative estimate of drug-likeness (QED) is 0.677. The van der Waals surface area contributed by atoms with Gasteiger partial charge >= 0.3 is 5.69 Å². The largest absolute Gasteiger partial charge is 0.393 e. The zero-order valence-corrected chi connectivity index (χ0v) is 10.4. The van der Waals surface area contributed by atoms with E-state index >= 15 is 0 Å². The van der Waals surface area contributed by atoms with Gasteiger partial charge in [-0.25, -0.2) is 9.18 Å². The highest BCUT2D eigenvalue weighted by molar-refractivity contribution is 5.26. The first-order valence-corrected chi connectivity index (χ1v) is 5.94. The summed E-state index contributed by atoms with van der Waals surface area (Å²) in [5, 5.41) is 19.3. The number of nitrogens with zero attached hydrogens (tertiary/aromatic N) is 2. The van der Waals surface area contributed by atoms with Crippen molar-refractivity contribution in [3.05, 3.63) is 22.5 Å². The molecule has 1 aliphatic rings. The van der Waals surface area contributed by atoms with Gasteiger partial charge in [0.25, 0.3) is 0 Å². The standard InChI is InChI=1S/C11H16FN3O4/c1-2-11(5-16)7(17)3-8(19-11)15-4-6(12)9(13)14-10(15)18/h4,7-8,16-17H,2-3,5H2,1H3,(H2,13,14,18)/t7-,8+,11+/m0/s1. The van der Waals surface area contributed by atoms with Crippen LogP contribution in [-0.2, 0) is 4.74 Å². The number of aliphatic hydroxyl groups excluding tert-OH is 2. The van der Waals surface area contributed by atoms with Gasteiger partial charge in [0.1, 0.15) is 11.8 Å². The van der Waals surface area contributed by atoms with Crippen LogP contribution in [0.25, 0.3) is 0 Å². The Bertz CT molecular complexity index is 529. The summed E-state index contributed by atoms with van der Waals surface area (Å²) in [6, 6.07) is 0. The van der Waals surface area contributed by atoms with Crippen molar-refractivity contribution in [3.63, 3.8) is 0 Å². The van der Waals surface area contributed by atoms with E-state index in [-0.39, 0.29) is 13.0 Å². The van der Waals surface area contributed by atoms with E-state index < -0.39 is 35.3 Å². The van der Waals surface area contributed by atoms with Gasteiger partial charge in [-0.1, -0.05) is 6.92 Å².